The van der Waals surface area contributed by atoms with Crippen LogP contribution in [-0.4, -0.2) is 27.4 Å². The van der Waals surface area contributed by atoms with Gasteiger partial charge in [0.2, 0.25) is 0 Å². The summed E-state index contributed by atoms with van der Waals surface area (Å²) in [4.78, 5) is 12.1. The molecule has 0 bridgehead atoms. The summed E-state index contributed by atoms with van der Waals surface area (Å²) in [6.07, 6.45) is 1.47. The summed E-state index contributed by atoms with van der Waals surface area (Å²) in [7, 11) is 0. The summed E-state index contributed by atoms with van der Waals surface area (Å²) in [6, 6.07) is 13.1. The standard InChI is InChI=1S/C17H12Cl2N4O2/c18-13-6-3-11(7-14(13)19)15-8-16(22-21-15)17(25)23-20-9-10-1-4-12(24)5-2-10/h1-9,24H,(H,21,22)(H,23,25)/b20-9+. The molecule has 3 N–H and O–H groups in total. The minimum absolute atomic E-state index is 0.161. The molecule has 0 aliphatic heterocycles. The lowest BCUT2D eigenvalue weighted by molar-refractivity contribution is 0.0950. The Kier molecular flexibility index (Phi) is 5.02. The molecule has 0 saturated heterocycles. The van der Waals surface area contributed by atoms with Crippen LogP contribution in [-0.2, 0) is 0 Å². The molecule has 0 spiro atoms. The maximum Gasteiger partial charge on any atom is 0.289 e. The van der Waals surface area contributed by atoms with Crippen molar-refractivity contribution in [3.63, 3.8) is 0 Å². The number of phenols is 1. The van der Waals surface area contributed by atoms with Gasteiger partial charge in [0, 0.05) is 5.56 Å². The summed E-state index contributed by atoms with van der Waals surface area (Å²) in [5.74, 6) is -0.276. The molecule has 0 unspecified atom stereocenters. The Morgan fingerprint density at radius 2 is 1.88 bits per heavy atom. The number of nitrogens with one attached hydrogen (secondary N) is 2. The van der Waals surface area contributed by atoms with Crippen LogP contribution in [0.25, 0.3) is 11.3 Å². The van der Waals surface area contributed by atoms with E-state index in [1.165, 1.54) is 18.3 Å². The maximum absolute atomic E-state index is 12.1. The maximum atomic E-state index is 12.1. The zero-order valence-electron chi connectivity index (χ0n) is 12.7. The minimum Gasteiger partial charge on any atom is -0.508 e. The van der Waals surface area contributed by atoms with E-state index < -0.39 is 5.91 Å². The molecule has 0 radical (unpaired) electrons. The Balaban J connectivity index is 1.68. The molecule has 2 aromatic carbocycles. The molecule has 25 heavy (non-hydrogen) atoms. The lowest BCUT2D eigenvalue weighted by Crippen LogP contribution is -2.17. The van der Waals surface area contributed by atoms with Crippen LogP contribution in [0.15, 0.2) is 53.6 Å². The van der Waals surface area contributed by atoms with Crippen LogP contribution in [0.3, 0.4) is 0 Å². The van der Waals surface area contributed by atoms with E-state index in [1.54, 1.807) is 36.4 Å². The monoisotopic (exact) mass is 374 g/mol. The van der Waals surface area contributed by atoms with E-state index in [1.807, 2.05) is 0 Å². The zero-order valence-corrected chi connectivity index (χ0v) is 14.2. The number of H-pyrrole nitrogens is 1. The number of hydrazone groups is 1. The number of aromatic nitrogens is 2. The van der Waals surface area contributed by atoms with Crippen molar-refractivity contribution in [1.82, 2.24) is 15.6 Å². The number of phenolic OH excluding ortho intramolecular Hbond substituents is 1. The molecule has 8 heteroatoms. The molecule has 6 nitrogen and oxygen atoms in total. The second-order valence-corrected chi connectivity index (χ2v) is 5.90. The van der Waals surface area contributed by atoms with Crippen LogP contribution in [0, 0.1) is 0 Å². The van der Waals surface area contributed by atoms with Gasteiger partial charge in [-0.15, -0.1) is 0 Å². The third-order valence-electron chi connectivity index (χ3n) is 3.31. The van der Waals surface area contributed by atoms with Crippen LogP contribution in [0.1, 0.15) is 16.1 Å². The predicted molar refractivity (Wildman–Crippen MR) is 97.2 cm³/mol. The summed E-state index contributed by atoms with van der Waals surface area (Å²) in [5, 5.41) is 20.7. The fraction of sp³-hybridized carbons (Fsp3) is 0. The van der Waals surface area contributed by atoms with Crippen molar-refractivity contribution in [1.29, 1.82) is 0 Å². The van der Waals surface area contributed by atoms with Gasteiger partial charge in [0.1, 0.15) is 11.4 Å². The average molecular weight is 375 g/mol. The molecule has 1 amide bonds. The van der Waals surface area contributed by atoms with Crippen molar-refractivity contribution in [2.45, 2.75) is 0 Å². The summed E-state index contributed by atoms with van der Waals surface area (Å²) in [5.41, 5.74) is 4.68. The van der Waals surface area contributed by atoms with Crippen LogP contribution in [0.4, 0.5) is 0 Å². The van der Waals surface area contributed by atoms with E-state index in [0.717, 1.165) is 11.1 Å². The highest BCUT2D eigenvalue weighted by molar-refractivity contribution is 6.42. The average Bonchev–Trinajstić information content (AvgIpc) is 3.09. The van der Waals surface area contributed by atoms with Crippen molar-refractivity contribution in [2.24, 2.45) is 5.10 Å². The lowest BCUT2D eigenvalue weighted by atomic mass is 10.1. The van der Waals surface area contributed by atoms with E-state index in [4.69, 9.17) is 23.2 Å². The molecule has 0 saturated carbocycles. The molecule has 1 heterocycles. The van der Waals surface area contributed by atoms with Gasteiger partial charge in [0.15, 0.2) is 0 Å². The fourth-order valence-corrected chi connectivity index (χ4v) is 2.33. The summed E-state index contributed by atoms with van der Waals surface area (Å²) < 4.78 is 0. The zero-order chi connectivity index (χ0) is 17.8. The van der Waals surface area contributed by atoms with Gasteiger partial charge in [0.25, 0.3) is 5.91 Å². The van der Waals surface area contributed by atoms with Gasteiger partial charge in [-0.3, -0.25) is 9.89 Å². The van der Waals surface area contributed by atoms with Gasteiger partial charge in [0.05, 0.1) is 22.0 Å². The van der Waals surface area contributed by atoms with E-state index in [-0.39, 0.29) is 11.4 Å². The molecule has 1 aromatic heterocycles. The first-order valence-corrected chi connectivity index (χ1v) is 7.92. The van der Waals surface area contributed by atoms with Gasteiger partial charge in [-0.05, 0) is 48.0 Å². The molecule has 0 aliphatic rings. The van der Waals surface area contributed by atoms with E-state index in [2.05, 4.69) is 20.7 Å². The second kappa shape index (κ2) is 7.38. The van der Waals surface area contributed by atoms with Gasteiger partial charge in [-0.25, -0.2) is 5.43 Å². The van der Waals surface area contributed by atoms with E-state index in [0.29, 0.717) is 15.7 Å². The van der Waals surface area contributed by atoms with Crippen LogP contribution in [0.2, 0.25) is 10.0 Å². The molecule has 0 atom stereocenters. The van der Waals surface area contributed by atoms with Crippen LogP contribution in [0.5, 0.6) is 5.75 Å². The molecule has 0 fully saturated rings. The largest absolute Gasteiger partial charge is 0.508 e. The number of halogens is 2. The molecule has 3 aromatic rings. The molecule has 0 aliphatic carbocycles. The molecule has 3 rings (SSSR count). The number of rotatable bonds is 4. The van der Waals surface area contributed by atoms with E-state index >= 15 is 0 Å². The number of aromatic hydroxyl groups is 1. The number of carbonyl (C=O) groups excluding carboxylic acids is 1. The van der Waals surface area contributed by atoms with Crippen LogP contribution >= 0.6 is 23.2 Å². The minimum atomic E-state index is -0.436. The first-order chi connectivity index (χ1) is 12.0. The van der Waals surface area contributed by atoms with Crippen molar-refractivity contribution in [2.75, 3.05) is 0 Å². The Labute approximate surface area is 153 Å². The molecule has 126 valence electrons. The van der Waals surface area contributed by atoms with Gasteiger partial charge < -0.3 is 5.11 Å². The number of amides is 1. The third-order valence-corrected chi connectivity index (χ3v) is 4.05. The van der Waals surface area contributed by atoms with Crippen molar-refractivity contribution in [3.05, 3.63) is 69.8 Å². The Morgan fingerprint density at radius 1 is 1.12 bits per heavy atom. The topological polar surface area (TPSA) is 90.4 Å². The Bertz CT molecular complexity index is 936. The smallest absolute Gasteiger partial charge is 0.289 e. The summed E-state index contributed by atoms with van der Waals surface area (Å²) >= 11 is 11.9. The third kappa shape index (κ3) is 4.17. The highest BCUT2D eigenvalue weighted by Crippen LogP contribution is 2.27. The quantitative estimate of drug-likeness (QED) is 0.478. The number of nitrogens with zero attached hydrogens (tertiary/aromatic N) is 2. The van der Waals surface area contributed by atoms with Crippen molar-refractivity contribution >= 4 is 35.3 Å². The number of carbonyl (C=O) groups is 1. The first-order valence-electron chi connectivity index (χ1n) is 7.16. The highest BCUT2D eigenvalue weighted by atomic mass is 35.5. The number of hydrogen-bond donors (Lipinski definition) is 3. The highest BCUT2D eigenvalue weighted by Gasteiger charge is 2.11. The number of aromatic amines is 1. The summed E-state index contributed by atoms with van der Waals surface area (Å²) in [6.45, 7) is 0. The van der Waals surface area contributed by atoms with Gasteiger partial charge >= 0.3 is 0 Å². The Hall–Kier alpha value is -2.83. The molecular weight excluding hydrogens is 363 g/mol. The van der Waals surface area contributed by atoms with Gasteiger partial charge in [-0.1, -0.05) is 29.3 Å². The Morgan fingerprint density at radius 3 is 2.60 bits per heavy atom. The van der Waals surface area contributed by atoms with Gasteiger partial charge in [-0.2, -0.15) is 10.2 Å². The number of benzene rings is 2. The lowest BCUT2D eigenvalue weighted by Gasteiger charge is -1.99. The normalized spacial score (nSPS) is 11.0. The van der Waals surface area contributed by atoms with E-state index in [9.17, 15) is 9.90 Å². The predicted octanol–water partition coefficient (Wildman–Crippen LogP) is 3.85. The molecular formula is C17H12Cl2N4O2. The number of hydrogen-bond acceptors (Lipinski definition) is 4. The SMILES string of the molecule is O=C(N/N=C/c1ccc(O)cc1)c1cc(-c2ccc(Cl)c(Cl)c2)n[nH]1. The second-order valence-electron chi connectivity index (χ2n) is 5.09. The van der Waals surface area contributed by atoms with Crippen LogP contribution < -0.4 is 5.43 Å². The first kappa shape index (κ1) is 17.0. The van der Waals surface area contributed by atoms with Crippen molar-refractivity contribution in [3.8, 4) is 17.0 Å². The van der Waals surface area contributed by atoms with Crippen molar-refractivity contribution < 1.29 is 9.90 Å². The fourth-order valence-electron chi connectivity index (χ4n) is 2.03.